The van der Waals surface area contributed by atoms with Gasteiger partial charge >= 0.3 is 0 Å². The molecule has 0 heterocycles. The lowest BCUT2D eigenvalue weighted by molar-refractivity contribution is 0.313. The van der Waals surface area contributed by atoms with Crippen molar-refractivity contribution < 1.29 is 9.47 Å². The van der Waals surface area contributed by atoms with E-state index in [0.29, 0.717) is 0 Å². The van der Waals surface area contributed by atoms with Gasteiger partial charge in [0, 0.05) is 5.75 Å². The van der Waals surface area contributed by atoms with E-state index in [1.165, 1.54) is 0 Å². The maximum Gasteiger partial charge on any atom is 0.161 e. The summed E-state index contributed by atoms with van der Waals surface area (Å²) >= 11 is 1.77. The molecule has 0 aliphatic heterocycles. The summed E-state index contributed by atoms with van der Waals surface area (Å²) in [5, 5.41) is 0. The molecular formula is C10H14O2S. The van der Waals surface area contributed by atoms with Crippen molar-refractivity contribution in [1.82, 2.24) is 0 Å². The van der Waals surface area contributed by atoms with Gasteiger partial charge in [-0.3, -0.25) is 0 Å². The highest BCUT2D eigenvalue weighted by molar-refractivity contribution is 7.98. The van der Waals surface area contributed by atoms with Crippen LogP contribution in [0.4, 0.5) is 0 Å². The fourth-order valence-electron chi connectivity index (χ4n) is 0.973. The van der Waals surface area contributed by atoms with Crippen molar-refractivity contribution in [3.63, 3.8) is 0 Å². The summed E-state index contributed by atoms with van der Waals surface area (Å²) in [6, 6.07) is 7.69. The first kappa shape index (κ1) is 10.3. The van der Waals surface area contributed by atoms with E-state index in [1.54, 1.807) is 18.9 Å². The van der Waals surface area contributed by atoms with E-state index in [0.717, 1.165) is 23.9 Å². The first-order valence-corrected chi connectivity index (χ1v) is 5.52. The van der Waals surface area contributed by atoms with Crippen molar-refractivity contribution >= 4 is 11.8 Å². The number of methoxy groups -OCH3 is 1. The topological polar surface area (TPSA) is 18.5 Å². The number of thioether (sulfide) groups is 1. The van der Waals surface area contributed by atoms with Gasteiger partial charge in [0.25, 0.3) is 0 Å². The molecule has 0 aliphatic rings. The third-order valence-corrected chi connectivity index (χ3v) is 2.19. The Morgan fingerprint density at radius 3 is 2.54 bits per heavy atom. The van der Waals surface area contributed by atoms with Crippen molar-refractivity contribution in [2.75, 3.05) is 25.7 Å². The molecule has 0 bridgehead atoms. The minimum atomic E-state index is 0.724. The van der Waals surface area contributed by atoms with E-state index in [4.69, 9.17) is 9.47 Å². The number of rotatable bonds is 5. The summed E-state index contributed by atoms with van der Waals surface area (Å²) in [4.78, 5) is 0. The van der Waals surface area contributed by atoms with Crippen LogP contribution in [0.5, 0.6) is 11.5 Å². The molecule has 0 unspecified atom stereocenters. The van der Waals surface area contributed by atoms with Crippen LogP contribution in [0.25, 0.3) is 0 Å². The van der Waals surface area contributed by atoms with Gasteiger partial charge in [-0.05, 0) is 18.4 Å². The lowest BCUT2D eigenvalue weighted by Gasteiger charge is -2.08. The SMILES string of the molecule is COc1ccccc1OCCSC. The Morgan fingerprint density at radius 2 is 1.92 bits per heavy atom. The highest BCUT2D eigenvalue weighted by Gasteiger charge is 2.00. The molecular weight excluding hydrogens is 184 g/mol. The molecule has 1 aromatic carbocycles. The van der Waals surface area contributed by atoms with Gasteiger partial charge in [-0.15, -0.1) is 0 Å². The largest absolute Gasteiger partial charge is 0.493 e. The maximum absolute atomic E-state index is 5.52. The second kappa shape index (κ2) is 5.75. The van der Waals surface area contributed by atoms with Crippen molar-refractivity contribution in [2.24, 2.45) is 0 Å². The molecule has 0 saturated heterocycles. The standard InChI is InChI=1S/C10H14O2S/c1-11-9-5-3-4-6-10(9)12-7-8-13-2/h3-6H,7-8H2,1-2H3. The number of hydrogen-bond donors (Lipinski definition) is 0. The quantitative estimate of drug-likeness (QED) is 0.677. The van der Waals surface area contributed by atoms with Crippen LogP contribution < -0.4 is 9.47 Å². The third kappa shape index (κ3) is 3.19. The van der Waals surface area contributed by atoms with Crippen LogP contribution in [-0.2, 0) is 0 Å². The second-order valence-electron chi connectivity index (χ2n) is 2.49. The molecule has 0 aliphatic carbocycles. The summed E-state index contributed by atoms with van der Waals surface area (Å²) in [5.74, 6) is 2.61. The monoisotopic (exact) mass is 198 g/mol. The lowest BCUT2D eigenvalue weighted by Crippen LogP contribution is -2.00. The number of benzene rings is 1. The first-order valence-electron chi connectivity index (χ1n) is 4.13. The van der Waals surface area contributed by atoms with Crippen molar-refractivity contribution in [2.45, 2.75) is 0 Å². The van der Waals surface area contributed by atoms with Gasteiger partial charge in [0.05, 0.1) is 13.7 Å². The Morgan fingerprint density at radius 1 is 1.23 bits per heavy atom. The van der Waals surface area contributed by atoms with Gasteiger partial charge in [-0.1, -0.05) is 12.1 Å². The molecule has 0 aromatic heterocycles. The Kier molecular flexibility index (Phi) is 4.54. The molecule has 0 amide bonds. The van der Waals surface area contributed by atoms with Crippen molar-refractivity contribution in [1.29, 1.82) is 0 Å². The number of ether oxygens (including phenoxy) is 2. The van der Waals surface area contributed by atoms with E-state index in [9.17, 15) is 0 Å². The predicted molar refractivity (Wildman–Crippen MR) is 56.9 cm³/mol. The zero-order valence-electron chi connectivity index (χ0n) is 7.95. The molecule has 0 spiro atoms. The normalized spacial score (nSPS) is 9.69. The Balaban J connectivity index is 2.54. The zero-order chi connectivity index (χ0) is 9.52. The molecule has 2 nitrogen and oxygen atoms in total. The van der Waals surface area contributed by atoms with E-state index in [-0.39, 0.29) is 0 Å². The average molecular weight is 198 g/mol. The molecule has 0 radical (unpaired) electrons. The fraction of sp³-hybridized carbons (Fsp3) is 0.400. The van der Waals surface area contributed by atoms with Gasteiger partial charge in [0.1, 0.15) is 0 Å². The highest BCUT2D eigenvalue weighted by Crippen LogP contribution is 2.25. The first-order chi connectivity index (χ1) is 6.38. The minimum Gasteiger partial charge on any atom is -0.493 e. The van der Waals surface area contributed by atoms with Crippen LogP contribution in [-0.4, -0.2) is 25.7 Å². The Hall–Kier alpha value is -0.830. The van der Waals surface area contributed by atoms with Gasteiger partial charge in [0.15, 0.2) is 11.5 Å². The van der Waals surface area contributed by atoms with Crippen molar-refractivity contribution in [3.05, 3.63) is 24.3 Å². The van der Waals surface area contributed by atoms with Crippen LogP contribution in [0.3, 0.4) is 0 Å². The second-order valence-corrected chi connectivity index (χ2v) is 3.48. The molecule has 1 rings (SSSR count). The molecule has 72 valence electrons. The smallest absolute Gasteiger partial charge is 0.161 e. The van der Waals surface area contributed by atoms with Gasteiger partial charge in [-0.2, -0.15) is 11.8 Å². The molecule has 0 atom stereocenters. The number of hydrogen-bond acceptors (Lipinski definition) is 3. The summed E-state index contributed by atoms with van der Waals surface area (Å²) in [7, 11) is 1.65. The average Bonchev–Trinajstić information content (AvgIpc) is 2.19. The Bertz CT molecular complexity index is 250. The predicted octanol–water partition coefficient (Wildman–Crippen LogP) is 2.44. The van der Waals surface area contributed by atoms with E-state index < -0.39 is 0 Å². The summed E-state index contributed by atoms with van der Waals surface area (Å²) in [5.41, 5.74) is 0. The van der Waals surface area contributed by atoms with E-state index in [2.05, 4.69) is 6.26 Å². The summed E-state index contributed by atoms with van der Waals surface area (Å²) in [6.07, 6.45) is 2.06. The highest BCUT2D eigenvalue weighted by atomic mass is 32.2. The molecule has 3 heteroatoms. The maximum atomic E-state index is 5.52. The van der Waals surface area contributed by atoms with Crippen LogP contribution in [0.2, 0.25) is 0 Å². The van der Waals surface area contributed by atoms with Gasteiger partial charge in [0.2, 0.25) is 0 Å². The minimum absolute atomic E-state index is 0.724. The molecule has 0 saturated carbocycles. The van der Waals surface area contributed by atoms with Crippen LogP contribution >= 0.6 is 11.8 Å². The third-order valence-electron chi connectivity index (χ3n) is 1.61. The lowest BCUT2D eigenvalue weighted by atomic mass is 10.3. The summed E-state index contributed by atoms with van der Waals surface area (Å²) < 4.78 is 10.7. The number of para-hydroxylation sites is 2. The van der Waals surface area contributed by atoms with E-state index in [1.807, 2.05) is 24.3 Å². The molecule has 0 fully saturated rings. The van der Waals surface area contributed by atoms with E-state index >= 15 is 0 Å². The molecule has 1 aromatic rings. The van der Waals surface area contributed by atoms with Crippen LogP contribution in [0, 0.1) is 0 Å². The van der Waals surface area contributed by atoms with Crippen molar-refractivity contribution in [3.8, 4) is 11.5 Å². The summed E-state index contributed by atoms with van der Waals surface area (Å²) in [6.45, 7) is 0.724. The van der Waals surface area contributed by atoms with Crippen LogP contribution in [0.1, 0.15) is 0 Å². The van der Waals surface area contributed by atoms with Gasteiger partial charge in [-0.25, -0.2) is 0 Å². The molecule has 13 heavy (non-hydrogen) atoms. The van der Waals surface area contributed by atoms with Crippen LogP contribution in [0.15, 0.2) is 24.3 Å². The zero-order valence-corrected chi connectivity index (χ0v) is 8.76. The molecule has 0 N–H and O–H groups in total. The Labute approximate surface area is 83.2 Å². The fourth-order valence-corrected chi connectivity index (χ4v) is 1.22. The van der Waals surface area contributed by atoms with Gasteiger partial charge < -0.3 is 9.47 Å².